The second kappa shape index (κ2) is 5.92. The number of carbonyl (C=O) groups excluding carboxylic acids is 1. The molecule has 0 saturated carbocycles. The Balaban J connectivity index is 1.69. The monoisotopic (exact) mass is 319 g/mol. The van der Waals surface area contributed by atoms with Gasteiger partial charge in [0.15, 0.2) is 0 Å². The molecule has 6 nitrogen and oxygen atoms in total. The minimum atomic E-state index is -0.770. The van der Waals surface area contributed by atoms with E-state index in [1.807, 2.05) is 12.3 Å². The third-order valence-electron chi connectivity index (χ3n) is 3.96. The molecule has 3 heterocycles. The first-order valence-corrected chi connectivity index (χ1v) is 8.05. The summed E-state index contributed by atoms with van der Waals surface area (Å²) in [5, 5.41) is 11.9. The molecule has 0 spiro atoms. The van der Waals surface area contributed by atoms with Crippen LogP contribution in [-0.4, -0.2) is 44.9 Å². The average Bonchev–Trinajstić information content (AvgIpc) is 3.15. The van der Waals surface area contributed by atoms with E-state index in [0.717, 1.165) is 16.3 Å². The second-order valence-corrected chi connectivity index (χ2v) is 6.52. The number of carboxylic acids is 1. The van der Waals surface area contributed by atoms with Gasteiger partial charge in [-0.15, -0.1) is 11.3 Å². The van der Waals surface area contributed by atoms with Crippen molar-refractivity contribution in [1.82, 2.24) is 14.9 Å². The first-order valence-electron chi connectivity index (χ1n) is 7.17. The lowest BCUT2D eigenvalue weighted by Crippen LogP contribution is -2.40. The molecule has 1 saturated heterocycles. The SMILES string of the molecule is Cc1nc(-c2c[nH]c(C(=O)N3CCC(C(=O)O)CC3)c2)cs1. The van der Waals surface area contributed by atoms with Crippen LogP contribution in [0.2, 0.25) is 0 Å². The van der Waals surface area contributed by atoms with Gasteiger partial charge in [0.25, 0.3) is 5.91 Å². The molecule has 1 fully saturated rings. The summed E-state index contributed by atoms with van der Waals surface area (Å²) in [6, 6.07) is 1.81. The molecule has 1 aliphatic heterocycles. The maximum absolute atomic E-state index is 12.5. The van der Waals surface area contributed by atoms with E-state index in [-0.39, 0.29) is 11.8 Å². The van der Waals surface area contributed by atoms with Crippen molar-refractivity contribution in [1.29, 1.82) is 0 Å². The number of amides is 1. The molecule has 0 aliphatic carbocycles. The fourth-order valence-corrected chi connectivity index (χ4v) is 3.28. The number of likely N-dealkylation sites (tertiary alicyclic amines) is 1. The molecule has 0 aromatic carbocycles. The van der Waals surface area contributed by atoms with E-state index in [9.17, 15) is 9.59 Å². The highest BCUT2D eigenvalue weighted by molar-refractivity contribution is 7.09. The Labute approximate surface area is 131 Å². The van der Waals surface area contributed by atoms with Crippen LogP contribution in [0.1, 0.15) is 28.3 Å². The summed E-state index contributed by atoms with van der Waals surface area (Å²) in [5.41, 5.74) is 2.28. The minimum Gasteiger partial charge on any atom is -0.481 e. The van der Waals surface area contributed by atoms with Crippen LogP contribution in [-0.2, 0) is 4.79 Å². The quantitative estimate of drug-likeness (QED) is 0.909. The van der Waals surface area contributed by atoms with Crippen LogP contribution in [0.5, 0.6) is 0 Å². The van der Waals surface area contributed by atoms with Crippen LogP contribution < -0.4 is 0 Å². The molecule has 22 heavy (non-hydrogen) atoms. The molecule has 116 valence electrons. The van der Waals surface area contributed by atoms with Gasteiger partial charge in [0, 0.05) is 30.2 Å². The summed E-state index contributed by atoms with van der Waals surface area (Å²) in [7, 11) is 0. The Morgan fingerprint density at radius 3 is 2.73 bits per heavy atom. The van der Waals surface area contributed by atoms with Crippen LogP contribution in [0.15, 0.2) is 17.6 Å². The first-order chi connectivity index (χ1) is 10.5. The number of H-pyrrole nitrogens is 1. The van der Waals surface area contributed by atoms with E-state index in [0.29, 0.717) is 31.6 Å². The number of hydrogen-bond donors (Lipinski definition) is 2. The number of nitrogens with one attached hydrogen (secondary N) is 1. The van der Waals surface area contributed by atoms with Gasteiger partial charge in [0.2, 0.25) is 0 Å². The number of aliphatic carboxylic acids is 1. The zero-order chi connectivity index (χ0) is 15.7. The molecular formula is C15H17N3O3S. The Morgan fingerprint density at radius 1 is 1.41 bits per heavy atom. The number of aryl methyl sites for hydroxylation is 1. The molecular weight excluding hydrogens is 302 g/mol. The van der Waals surface area contributed by atoms with Crippen molar-refractivity contribution in [3.63, 3.8) is 0 Å². The van der Waals surface area contributed by atoms with Gasteiger partial charge in [0.1, 0.15) is 5.69 Å². The molecule has 3 rings (SSSR count). The van der Waals surface area contributed by atoms with Crippen molar-refractivity contribution in [3.8, 4) is 11.3 Å². The highest BCUT2D eigenvalue weighted by Gasteiger charge is 2.28. The largest absolute Gasteiger partial charge is 0.481 e. The van der Waals surface area contributed by atoms with Gasteiger partial charge in [-0.1, -0.05) is 0 Å². The molecule has 0 bridgehead atoms. The molecule has 0 atom stereocenters. The molecule has 0 unspecified atom stereocenters. The van der Waals surface area contributed by atoms with Crippen LogP contribution >= 0.6 is 11.3 Å². The smallest absolute Gasteiger partial charge is 0.306 e. The summed E-state index contributed by atoms with van der Waals surface area (Å²) in [6.07, 6.45) is 2.81. The average molecular weight is 319 g/mol. The molecule has 0 radical (unpaired) electrons. The third-order valence-corrected chi connectivity index (χ3v) is 4.73. The van der Waals surface area contributed by atoms with Crippen molar-refractivity contribution in [2.75, 3.05) is 13.1 Å². The van der Waals surface area contributed by atoms with Gasteiger partial charge in [-0.3, -0.25) is 9.59 Å². The molecule has 2 N–H and O–H groups in total. The number of aromatic nitrogens is 2. The molecule has 7 heteroatoms. The van der Waals surface area contributed by atoms with E-state index < -0.39 is 5.97 Å². The lowest BCUT2D eigenvalue weighted by molar-refractivity contribution is -0.143. The third kappa shape index (κ3) is 2.89. The Morgan fingerprint density at radius 2 is 2.14 bits per heavy atom. The lowest BCUT2D eigenvalue weighted by atomic mass is 9.97. The Hall–Kier alpha value is -2.15. The summed E-state index contributed by atoms with van der Waals surface area (Å²) >= 11 is 1.57. The van der Waals surface area contributed by atoms with Gasteiger partial charge in [-0.05, 0) is 25.8 Å². The van der Waals surface area contributed by atoms with Crippen molar-refractivity contribution in [2.24, 2.45) is 5.92 Å². The zero-order valence-electron chi connectivity index (χ0n) is 12.2. The normalized spacial score (nSPS) is 16.0. The Kier molecular flexibility index (Phi) is 3.98. The number of aromatic amines is 1. The van der Waals surface area contributed by atoms with Gasteiger partial charge < -0.3 is 15.0 Å². The Bertz CT molecular complexity index is 698. The fraction of sp³-hybridized carbons (Fsp3) is 0.400. The predicted octanol–water partition coefficient (Wildman–Crippen LogP) is 2.38. The maximum atomic E-state index is 12.5. The summed E-state index contributed by atoms with van der Waals surface area (Å²) in [6.45, 7) is 2.92. The number of carboxylic acid groups (broad SMARTS) is 1. The van der Waals surface area contributed by atoms with Crippen LogP contribution in [0.4, 0.5) is 0 Å². The number of nitrogens with zero attached hydrogens (tertiary/aromatic N) is 2. The van der Waals surface area contributed by atoms with E-state index >= 15 is 0 Å². The summed E-state index contributed by atoms with van der Waals surface area (Å²) in [5.74, 6) is -1.18. The van der Waals surface area contributed by atoms with Crippen molar-refractivity contribution < 1.29 is 14.7 Å². The topological polar surface area (TPSA) is 86.3 Å². The van der Waals surface area contributed by atoms with Crippen molar-refractivity contribution in [3.05, 3.63) is 28.3 Å². The van der Waals surface area contributed by atoms with Gasteiger partial charge in [-0.25, -0.2) is 4.98 Å². The molecule has 1 amide bonds. The predicted molar refractivity (Wildman–Crippen MR) is 82.9 cm³/mol. The van der Waals surface area contributed by atoms with Gasteiger partial charge in [0.05, 0.1) is 16.6 Å². The zero-order valence-corrected chi connectivity index (χ0v) is 13.0. The van der Waals surface area contributed by atoms with E-state index in [1.165, 1.54) is 0 Å². The number of thiazole rings is 1. The summed E-state index contributed by atoms with van der Waals surface area (Å²) < 4.78 is 0. The molecule has 2 aromatic rings. The van der Waals surface area contributed by atoms with E-state index in [2.05, 4.69) is 9.97 Å². The molecule has 1 aliphatic rings. The number of hydrogen-bond acceptors (Lipinski definition) is 4. The number of rotatable bonds is 3. The molecule has 2 aromatic heterocycles. The maximum Gasteiger partial charge on any atom is 0.306 e. The minimum absolute atomic E-state index is 0.0814. The number of piperidine rings is 1. The lowest BCUT2D eigenvalue weighted by Gasteiger charge is -2.29. The van der Waals surface area contributed by atoms with Gasteiger partial charge in [-0.2, -0.15) is 0 Å². The van der Waals surface area contributed by atoms with Crippen molar-refractivity contribution in [2.45, 2.75) is 19.8 Å². The van der Waals surface area contributed by atoms with E-state index in [4.69, 9.17) is 5.11 Å². The van der Waals surface area contributed by atoms with Crippen LogP contribution in [0, 0.1) is 12.8 Å². The fourth-order valence-electron chi connectivity index (χ4n) is 2.66. The highest BCUT2D eigenvalue weighted by atomic mass is 32.1. The van der Waals surface area contributed by atoms with E-state index in [1.54, 1.807) is 28.5 Å². The van der Waals surface area contributed by atoms with Crippen LogP contribution in [0.25, 0.3) is 11.3 Å². The van der Waals surface area contributed by atoms with Crippen molar-refractivity contribution >= 4 is 23.2 Å². The second-order valence-electron chi connectivity index (χ2n) is 5.46. The summed E-state index contributed by atoms with van der Waals surface area (Å²) in [4.78, 5) is 32.5. The number of carbonyl (C=O) groups is 2. The highest BCUT2D eigenvalue weighted by Crippen LogP contribution is 2.24. The van der Waals surface area contributed by atoms with Crippen LogP contribution in [0.3, 0.4) is 0 Å². The first kappa shape index (κ1) is 14.8. The standard InChI is InChI=1S/C15H17N3O3S/c1-9-17-13(8-22-9)11-6-12(16-7-11)14(19)18-4-2-10(3-5-18)15(20)21/h6-8,10,16H,2-5H2,1H3,(H,20,21). The van der Waals surface area contributed by atoms with Gasteiger partial charge >= 0.3 is 5.97 Å².